The predicted octanol–water partition coefficient (Wildman–Crippen LogP) is 5.55. The maximum atomic E-state index is 5.67. The van der Waals surface area contributed by atoms with E-state index in [2.05, 4.69) is 65.4 Å². The number of halogens is 1. The third-order valence-electron chi connectivity index (χ3n) is 3.36. The summed E-state index contributed by atoms with van der Waals surface area (Å²) < 4.78 is 6.78. The quantitative estimate of drug-likeness (QED) is 0.663. The Hall–Kier alpha value is -1.48. The molecule has 0 saturated heterocycles. The molecule has 0 bridgehead atoms. The van der Waals surface area contributed by atoms with Gasteiger partial charge in [0.1, 0.15) is 5.75 Å². The van der Waals surface area contributed by atoms with Crippen molar-refractivity contribution in [1.82, 2.24) is 0 Å². The molecule has 0 heterocycles. The first kappa shape index (κ1) is 15.9. The lowest BCUT2D eigenvalue weighted by Gasteiger charge is -2.11. The summed E-state index contributed by atoms with van der Waals surface area (Å²) >= 11 is 3.48. The molecule has 0 aliphatic rings. The highest BCUT2D eigenvalue weighted by molar-refractivity contribution is 9.10. The van der Waals surface area contributed by atoms with E-state index in [9.17, 15) is 0 Å². The minimum absolute atomic E-state index is 0.798. The summed E-state index contributed by atoms with van der Waals surface area (Å²) in [5.41, 5.74) is 3.66. The molecule has 0 aliphatic carbocycles. The highest BCUT2D eigenvalue weighted by atomic mass is 79.9. The van der Waals surface area contributed by atoms with E-state index in [1.165, 1.54) is 16.8 Å². The zero-order chi connectivity index (χ0) is 15.1. The van der Waals surface area contributed by atoms with Crippen molar-refractivity contribution < 1.29 is 4.74 Å². The summed E-state index contributed by atoms with van der Waals surface area (Å²) in [6.45, 7) is 5.89. The number of rotatable bonds is 7. The SMILES string of the molecule is CCCCOc1ccc(CNc2ccc(Br)cc2C)cc1. The van der Waals surface area contributed by atoms with Crippen LogP contribution in [0.4, 0.5) is 5.69 Å². The van der Waals surface area contributed by atoms with Gasteiger partial charge in [-0.1, -0.05) is 41.4 Å². The molecule has 0 spiro atoms. The molecule has 0 fully saturated rings. The van der Waals surface area contributed by atoms with E-state index in [4.69, 9.17) is 4.74 Å². The fourth-order valence-electron chi connectivity index (χ4n) is 2.06. The van der Waals surface area contributed by atoms with Gasteiger partial charge in [-0.3, -0.25) is 0 Å². The summed E-state index contributed by atoms with van der Waals surface area (Å²) in [6, 6.07) is 14.6. The van der Waals surface area contributed by atoms with Crippen LogP contribution in [-0.4, -0.2) is 6.61 Å². The van der Waals surface area contributed by atoms with E-state index in [0.29, 0.717) is 0 Å². The van der Waals surface area contributed by atoms with Gasteiger partial charge in [-0.05, 0) is 54.8 Å². The van der Waals surface area contributed by atoms with Crippen LogP contribution in [0.25, 0.3) is 0 Å². The van der Waals surface area contributed by atoms with E-state index in [1.54, 1.807) is 0 Å². The average molecular weight is 348 g/mol. The number of ether oxygens (including phenoxy) is 1. The summed E-state index contributed by atoms with van der Waals surface area (Å²) in [5.74, 6) is 0.951. The van der Waals surface area contributed by atoms with Crippen molar-refractivity contribution in [3.63, 3.8) is 0 Å². The van der Waals surface area contributed by atoms with Crippen molar-refractivity contribution in [1.29, 1.82) is 0 Å². The van der Waals surface area contributed by atoms with E-state index in [1.807, 2.05) is 12.1 Å². The average Bonchev–Trinajstić information content (AvgIpc) is 2.48. The number of unbranched alkanes of at least 4 members (excludes halogenated alkanes) is 1. The van der Waals surface area contributed by atoms with Crippen molar-refractivity contribution >= 4 is 21.6 Å². The first-order chi connectivity index (χ1) is 10.2. The van der Waals surface area contributed by atoms with E-state index in [0.717, 1.165) is 36.2 Å². The molecule has 0 aliphatic heterocycles. The Morgan fingerprint density at radius 2 is 1.86 bits per heavy atom. The van der Waals surface area contributed by atoms with Crippen molar-refractivity contribution in [2.24, 2.45) is 0 Å². The third kappa shape index (κ3) is 5.09. The molecule has 0 saturated carbocycles. The summed E-state index contributed by atoms with van der Waals surface area (Å²) in [7, 11) is 0. The van der Waals surface area contributed by atoms with Crippen LogP contribution in [-0.2, 0) is 6.54 Å². The molecule has 0 amide bonds. The molecule has 0 atom stereocenters. The Morgan fingerprint density at radius 1 is 1.10 bits per heavy atom. The lowest BCUT2D eigenvalue weighted by atomic mass is 10.1. The van der Waals surface area contributed by atoms with Crippen LogP contribution in [0, 0.1) is 6.92 Å². The fraction of sp³-hybridized carbons (Fsp3) is 0.333. The molecule has 2 aromatic rings. The highest BCUT2D eigenvalue weighted by Gasteiger charge is 2.00. The van der Waals surface area contributed by atoms with E-state index >= 15 is 0 Å². The lowest BCUT2D eigenvalue weighted by Crippen LogP contribution is -2.01. The van der Waals surface area contributed by atoms with Crippen LogP contribution in [0.5, 0.6) is 5.75 Å². The molecular weight excluding hydrogens is 326 g/mol. The Balaban J connectivity index is 1.88. The van der Waals surface area contributed by atoms with Gasteiger partial charge in [-0.2, -0.15) is 0 Å². The van der Waals surface area contributed by atoms with Gasteiger partial charge in [0.05, 0.1) is 6.61 Å². The minimum atomic E-state index is 0.798. The third-order valence-corrected chi connectivity index (χ3v) is 3.85. The van der Waals surface area contributed by atoms with Gasteiger partial charge < -0.3 is 10.1 Å². The van der Waals surface area contributed by atoms with E-state index < -0.39 is 0 Å². The zero-order valence-corrected chi connectivity index (χ0v) is 14.2. The molecule has 0 unspecified atom stereocenters. The van der Waals surface area contributed by atoms with Crippen LogP contribution < -0.4 is 10.1 Å². The van der Waals surface area contributed by atoms with Crippen LogP contribution in [0.15, 0.2) is 46.9 Å². The molecule has 112 valence electrons. The predicted molar refractivity (Wildman–Crippen MR) is 93.1 cm³/mol. The monoisotopic (exact) mass is 347 g/mol. The van der Waals surface area contributed by atoms with Crippen LogP contribution in [0.1, 0.15) is 30.9 Å². The van der Waals surface area contributed by atoms with Gasteiger partial charge >= 0.3 is 0 Å². The number of anilines is 1. The van der Waals surface area contributed by atoms with Gasteiger partial charge in [0.2, 0.25) is 0 Å². The second-order valence-electron chi connectivity index (χ2n) is 5.16. The van der Waals surface area contributed by atoms with E-state index in [-0.39, 0.29) is 0 Å². The molecule has 0 aromatic heterocycles. The number of hydrogen-bond acceptors (Lipinski definition) is 2. The number of benzene rings is 2. The van der Waals surface area contributed by atoms with Crippen LogP contribution in [0.2, 0.25) is 0 Å². The Morgan fingerprint density at radius 3 is 2.52 bits per heavy atom. The molecule has 2 aromatic carbocycles. The van der Waals surface area contributed by atoms with Crippen molar-refractivity contribution in [2.75, 3.05) is 11.9 Å². The van der Waals surface area contributed by atoms with Crippen molar-refractivity contribution in [2.45, 2.75) is 33.2 Å². The van der Waals surface area contributed by atoms with Crippen LogP contribution >= 0.6 is 15.9 Å². The lowest BCUT2D eigenvalue weighted by molar-refractivity contribution is 0.309. The minimum Gasteiger partial charge on any atom is -0.494 e. The molecule has 21 heavy (non-hydrogen) atoms. The molecule has 0 radical (unpaired) electrons. The standard InChI is InChI=1S/C18H22BrNO/c1-3-4-11-21-17-8-5-15(6-9-17)13-20-18-10-7-16(19)12-14(18)2/h5-10,12,20H,3-4,11,13H2,1-2H3. The summed E-state index contributed by atoms with van der Waals surface area (Å²) in [4.78, 5) is 0. The zero-order valence-electron chi connectivity index (χ0n) is 12.7. The topological polar surface area (TPSA) is 21.3 Å². The first-order valence-corrected chi connectivity index (χ1v) is 8.20. The second kappa shape index (κ2) is 8.08. The van der Waals surface area contributed by atoms with Gasteiger partial charge in [0.15, 0.2) is 0 Å². The molecule has 2 rings (SSSR count). The Labute approximate surface area is 135 Å². The molecule has 2 nitrogen and oxygen atoms in total. The van der Waals surface area contributed by atoms with Gasteiger partial charge in [-0.15, -0.1) is 0 Å². The highest BCUT2D eigenvalue weighted by Crippen LogP contribution is 2.21. The smallest absolute Gasteiger partial charge is 0.119 e. The van der Waals surface area contributed by atoms with Gasteiger partial charge in [0, 0.05) is 16.7 Å². The Kier molecular flexibility index (Phi) is 6.12. The van der Waals surface area contributed by atoms with Crippen molar-refractivity contribution in [3.8, 4) is 5.75 Å². The maximum absolute atomic E-state index is 5.67. The number of hydrogen-bond donors (Lipinski definition) is 1. The van der Waals surface area contributed by atoms with Crippen molar-refractivity contribution in [3.05, 3.63) is 58.1 Å². The van der Waals surface area contributed by atoms with Crippen LogP contribution in [0.3, 0.4) is 0 Å². The summed E-state index contributed by atoms with van der Waals surface area (Å²) in [6.07, 6.45) is 2.26. The molecular formula is C18H22BrNO. The number of aryl methyl sites for hydroxylation is 1. The van der Waals surface area contributed by atoms with Gasteiger partial charge in [0.25, 0.3) is 0 Å². The normalized spacial score (nSPS) is 10.4. The molecule has 1 N–H and O–H groups in total. The first-order valence-electron chi connectivity index (χ1n) is 7.41. The molecule has 3 heteroatoms. The maximum Gasteiger partial charge on any atom is 0.119 e. The second-order valence-corrected chi connectivity index (χ2v) is 6.07. The van der Waals surface area contributed by atoms with Gasteiger partial charge in [-0.25, -0.2) is 0 Å². The Bertz CT molecular complexity index is 566. The fourth-order valence-corrected chi connectivity index (χ4v) is 2.54. The number of nitrogens with one attached hydrogen (secondary N) is 1. The largest absolute Gasteiger partial charge is 0.494 e. The summed E-state index contributed by atoms with van der Waals surface area (Å²) in [5, 5.41) is 3.47.